The van der Waals surface area contributed by atoms with Crippen molar-refractivity contribution in [3.05, 3.63) is 23.8 Å². The van der Waals surface area contributed by atoms with Crippen LogP contribution in [-0.2, 0) is 11.3 Å². The van der Waals surface area contributed by atoms with Crippen molar-refractivity contribution in [3.63, 3.8) is 0 Å². The third-order valence-electron chi connectivity index (χ3n) is 5.35. The molecule has 25 heavy (non-hydrogen) atoms. The summed E-state index contributed by atoms with van der Waals surface area (Å²) in [5, 5.41) is 10.7. The molecule has 0 radical (unpaired) electrons. The van der Waals surface area contributed by atoms with Crippen molar-refractivity contribution in [2.24, 2.45) is 0 Å². The Bertz CT molecular complexity index is 599. The lowest BCUT2D eigenvalue weighted by atomic mass is 9.82. The Balaban J connectivity index is 1.70. The first-order chi connectivity index (χ1) is 12.0. The van der Waals surface area contributed by atoms with Crippen molar-refractivity contribution in [2.45, 2.75) is 69.6 Å². The van der Waals surface area contributed by atoms with Gasteiger partial charge in [0.2, 0.25) is 5.91 Å². The van der Waals surface area contributed by atoms with E-state index in [1.807, 2.05) is 25.1 Å². The number of hydrogen-bond acceptors (Lipinski definition) is 5. The summed E-state index contributed by atoms with van der Waals surface area (Å²) in [6.45, 7) is 1.50. The number of hydrogen-bond donors (Lipinski definition) is 1. The van der Waals surface area contributed by atoms with Crippen LogP contribution >= 0.6 is 0 Å². The first-order valence-electron chi connectivity index (χ1n) is 9.45. The normalized spacial score (nSPS) is 23.2. The van der Waals surface area contributed by atoms with Crippen LogP contribution in [0.2, 0.25) is 0 Å². The molecule has 1 atom stereocenters. The summed E-state index contributed by atoms with van der Waals surface area (Å²) in [4.78, 5) is 26.0. The van der Waals surface area contributed by atoms with E-state index in [-0.39, 0.29) is 18.4 Å². The Morgan fingerprint density at radius 3 is 2.80 bits per heavy atom. The number of aliphatic hydroxyl groups is 1. The molecule has 1 aliphatic heterocycles. The van der Waals surface area contributed by atoms with E-state index in [9.17, 15) is 9.90 Å². The van der Waals surface area contributed by atoms with E-state index in [4.69, 9.17) is 0 Å². The zero-order valence-corrected chi connectivity index (χ0v) is 15.4. The maximum absolute atomic E-state index is 12.9. The van der Waals surface area contributed by atoms with E-state index in [1.54, 1.807) is 6.20 Å². The van der Waals surface area contributed by atoms with Gasteiger partial charge in [0, 0.05) is 19.3 Å². The first-order valence-corrected chi connectivity index (χ1v) is 9.45. The first kappa shape index (κ1) is 18.3. The fourth-order valence-corrected chi connectivity index (χ4v) is 4.09. The lowest BCUT2D eigenvalue weighted by molar-refractivity contribution is -0.138. The molecule has 1 saturated carbocycles. The molecule has 2 fully saturated rings. The summed E-state index contributed by atoms with van der Waals surface area (Å²) in [5.41, 5.74) is 0.163. The summed E-state index contributed by atoms with van der Waals surface area (Å²) in [6, 6.07) is 1.87. The molecule has 1 aliphatic carbocycles. The topological polar surface area (TPSA) is 69.6 Å². The van der Waals surface area contributed by atoms with Gasteiger partial charge in [0.15, 0.2) is 5.82 Å². The quantitative estimate of drug-likeness (QED) is 0.886. The van der Waals surface area contributed by atoms with E-state index in [0.29, 0.717) is 0 Å². The van der Waals surface area contributed by atoms with Crippen LogP contribution in [0.15, 0.2) is 12.3 Å². The highest BCUT2D eigenvalue weighted by Crippen LogP contribution is 2.35. The Hall–Kier alpha value is -1.53. The minimum Gasteiger partial charge on any atom is -0.389 e. The number of nitrogens with zero attached hydrogens (tertiary/aromatic N) is 4. The van der Waals surface area contributed by atoms with Gasteiger partial charge in [-0.15, -0.1) is 0 Å². The third kappa shape index (κ3) is 4.55. The predicted octanol–water partition coefficient (Wildman–Crippen LogP) is 2.29. The average molecular weight is 346 g/mol. The second-order valence-electron chi connectivity index (χ2n) is 7.85. The molecule has 2 aliphatic rings. The van der Waals surface area contributed by atoms with Gasteiger partial charge in [-0.1, -0.05) is 19.3 Å². The average Bonchev–Trinajstić information content (AvgIpc) is 3.04. The van der Waals surface area contributed by atoms with Crippen molar-refractivity contribution in [1.29, 1.82) is 0 Å². The second-order valence-corrected chi connectivity index (χ2v) is 7.85. The molecule has 6 heteroatoms. The van der Waals surface area contributed by atoms with Crippen molar-refractivity contribution in [2.75, 3.05) is 20.6 Å². The van der Waals surface area contributed by atoms with Crippen LogP contribution < -0.4 is 0 Å². The maximum Gasteiger partial charge on any atom is 0.226 e. The molecular formula is C19H30N4O2. The molecule has 6 nitrogen and oxygen atoms in total. The molecule has 0 aromatic carbocycles. The van der Waals surface area contributed by atoms with Crippen LogP contribution in [0.5, 0.6) is 0 Å². The molecule has 0 spiro atoms. The standard InChI is InChI=1S/C19H30N4O2/c1-22(2)14-15-8-11-20-18(21-15)16-7-6-12-23(16)17(24)13-19(25)9-4-3-5-10-19/h8,11,16,25H,3-7,9-10,12-14H2,1-2H3/t16-/m1/s1. The van der Waals surface area contributed by atoms with Gasteiger partial charge >= 0.3 is 0 Å². The van der Waals surface area contributed by atoms with Gasteiger partial charge in [-0.05, 0) is 45.8 Å². The van der Waals surface area contributed by atoms with Gasteiger partial charge in [-0.3, -0.25) is 4.79 Å². The van der Waals surface area contributed by atoms with Gasteiger partial charge in [0.05, 0.1) is 23.8 Å². The van der Waals surface area contributed by atoms with Gasteiger partial charge in [0.1, 0.15) is 0 Å². The lowest BCUT2D eigenvalue weighted by Gasteiger charge is -2.34. The highest BCUT2D eigenvalue weighted by molar-refractivity contribution is 5.78. The van der Waals surface area contributed by atoms with Gasteiger partial charge in [0.25, 0.3) is 0 Å². The summed E-state index contributed by atoms with van der Waals surface area (Å²) in [7, 11) is 4.02. The van der Waals surface area contributed by atoms with Crippen molar-refractivity contribution >= 4 is 5.91 Å². The highest BCUT2D eigenvalue weighted by Gasteiger charge is 2.37. The van der Waals surface area contributed by atoms with Gasteiger partial charge < -0.3 is 14.9 Å². The number of aromatic nitrogens is 2. The minimum absolute atomic E-state index is 0.0495. The molecule has 1 aromatic heterocycles. The SMILES string of the molecule is CN(C)Cc1ccnc([C@H]2CCCN2C(=O)CC2(O)CCCCC2)n1. The number of carbonyl (C=O) groups is 1. The van der Waals surface area contributed by atoms with Crippen molar-refractivity contribution in [1.82, 2.24) is 19.8 Å². The smallest absolute Gasteiger partial charge is 0.226 e. The molecule has 1 N–H and O–H groups in total. The minimum atomic E-state index is -0.809. The van der Waals surface area contributed by atoms with Crippen LogP contribution in [0.25, 0.3) is 0 Å². The summed E-state index contributed by atoms with van der Waals surface area (Å²) in [6.07, 6.45) is 8.57. The highest BCUT2D eigenvalue weighted by atomic mass is 16.3. The number of rotatable bonds is 5. The van der Waals surface area contributed by atoms with Crippen molar-refractivity contribution < 1.29 is 9.90 Å². The fraction of sp³-hybridized carbons (Fsp3) is 0.737. The number of carbonyl (C=O) groups excluding carboxylic acids is 1. The molecule has 0 unspecified atom stereocenters. The van der Waals surface area contributed by atoms with E-state index in [2.05, 4.69) is 14.9 Å². The van der Waals surface area contributed by atoms with Crippen LogP contribution in [0, 0.1) is 0 Å². The predicted molar refractivity (Wildman–Crippen MR) is 95.8 cm³/mol. The van der Waals surface area contributed by atoms with Gasteiger partial charge in [-0.25, -0.2) is 9.97 Å². The summed E-state index contributed by atoms with van der Waals surface area (Å²) in [5.74, 6) is 0.786. The summed E-state index contributed by atoms with van der Waals surface area (Å²) >= 11 is 0. The van der Waals surface area contributed by atoms with E-state index in [1.165, 1.54) is 0 Å². The van der Waals surface area contributed by atoms with E-state index < -0.39 is 5.60 Å². The molecule has 1 amide bonds. The number of amides is 1. The van der Waals surface area contributed by atoms with Crippen LogP contribution in [0.3, 0.4) is 0 Å². The van der Waals surface area contributed by atoms with E-state index in [0.717, 1.165) is 69.6 Å². The summed E-state index contributed by atoms with van der Waals surface area (Å²) < 4.78 is 0. The molecule has 3 rings (SSSR count). The van der Waals surface area contributed by atoms with Crippen LogP contribution in [-0.4, -0.2) is 57.0 Å². The Kier molecular flexibility index (Phi) is 5.69. The third-order valence-corrected chi connectivity index (χ3v) is 5.35. The monoisotopic (exact) mass is 346 g/mol. The van der Waals surface area contributed by atoms with Crippen LogP contribution in [0.4, 0.5) is 0 Å². The van der Waals surface area contributed by atoms with Gasteiger partial charge in [-0.2, -0.15) is 0 Å². The maximum atomic E-state index is 12.9. The Morgan fingerprint density at radius 1 is 1.32 bits per heavy atom. The molecule has 2 heterocycles. The number of likely N-dealkylation sites (tertiary alicyclic amines) is 1. The molecule has 1 saturated heterocycles. The fourth-order valence-electron chi connectivity index (χ4n) is 4.09. The Labute approximate surface area is 150 Å². The zero-order valence-electron chi connectivity index (χ0n) is 15.4. The van der Waals surface area contributed by atoms with Crippen molar-refractivity contribution in [3.8, 4) is 0 Å². The largest absolute Gasteiger partial charge is 0.389 e. The molecule has 0 bridgehead atoms. The Morgan fingerprint density at radius 2 is 2.08 bits per heavy atom. The molecular weight excluding hydrogens is 316 g/mol. The second kappa shape index (κ2) is 7.79. The van der Waals surface area contributed by atoms with E-state index >= 15 is 0 Å². The molecule has 1 aromatic rings. The zero-order chi connectivity index (χ0) is 17.9. The lowest BCUT2D eigenvalue weighted by Crippen LogP contribution is -2.40. The van der Waals surface area contributed by atoms with Crippen LogP contribution in [0.1, 0.15) is 68.9 Å². The molecule has 138 valence electrons.